The lowest BCUT2D eigenvalue weighted by Gasteiger charge is -2.32. The maximum atomic E-state index is 13.5. The molecule has 0 aliphatic heterocycles. The van der Waals surface area contributed by atoms with E-state index in [1.165, 1.54) is 36.3 Å². The summed E-state index contributed by atoms with van der Waals surface area (Å²) < 4.78 is 0. The van der Waals surface area contributed by atoms with Crippen LogP contribution in [0.1, 0.15) is 54.2 Å². The fourth-order valence-corrected chi connectivity index (χ4v) is 4.62. The Labute approximate surface area is 180 Å². The van der Waals surface area contributed by atoms with E-state index < -0.39 is 6.04 Å². The van der Waals surface area contributed by atoms with Gasteiger partial charge in [-0.2, -0.15) is 0 Å². The number of anilines is 1. The van der Waals surface area contributed by atoms with Crippen molar-refractivity contribution in [1.29, 1.82) is 0 Å². The van der Waals surface area contributed by atoms with Gasteiger partial charge in [-0.05, 0) is 35.9 Å². The molecule has 2 aromatic heterocycles. The lowest BCUT2D eigenvalue weighted by Crippen LogP contribution is -2.47. The average Bonchev–Trinajstić information content (AvgIpc) is 3.33. The summed E-state index contributed by atoms with van der Waals surface area (Å²) in [7, 11) is 0. The van der Waals surface area contributed by atoms with Crippen molar-refractivity contribution in [3.8, 4) is 0 Å². The van der Waals surface area contributed by atoms with Crippen molar-refractivity contribution in [1.82, 2.24) is 15.3 Å². The number of rotatable bonds is 6. The normalized spacial score (nSPS) is 15.3. The van der Waals surface area contributed by atoms with E-state index >= 15 is 0 Å². The summed E-state index contributed by atoms with van der Waals surface area (Å²) >= 11 is 1.42. The first-order valence-corrected chi connectivity index (χ1v) is 11.1. The lowest BCUT2D eigenvalue weighted by molar-refractivity contribution is -0.123. The third-order valence-electron chi connectivity index (χ3n) is 5.32. The number of carbonyl (C=O) groups is 2. The predicted octanol–water partition coefficient (Wildman–Crippen LogP) is 4.38. The van der Waals surface area contributed by atoms with Gasteiger partial charge in [0, 0.05) is 18.4 Å². The van der Waals surface area contributed by atoms with Crippen molar-refractivity contribution in [3.63, 3.8) is 0 Å². The molecule has 0 saturated heterocycles. The van der Waals surface area contributed by atoms with E-state index in [1.807, 2.05) is 47.8 Å². The van der Waals surface area contributed by atoms with E-state index in [-0.39, 0.29) is 23.6 Å². The molecule has 0 radical (unpaired) electrons. The highest BCUT2D eigenvalue weighted by molar-refractivity contribution is 7.14. The number of hydrogen-bond acceptors (Lipinski definition) is 5. The zero-order chi connectivity index (χ0) is 20.8. The molecule has 1 atom stereocenters. The molecule has 7 heteroatoms. The average molecular weight is 421 g/mol. The summed E-state index contributed by atoms with van der Waals surface area (Å²) in [6.45, 7) is 0. The van der Waals surface area contributed by atoms with E-state index in [2.05, 4.69) is 15.3 Å². The van der Waals surface area contributed by atoms with Crippen LogP contribution in [-0.2, 0) is 4.79 Å². The molecule has 1 aliphatic carbocycles. The number of thiophene rings is 1. The van der Waals surface area contributed by atoms with Crippen molar-refractivity contribution in [2.75, 3.05) is 4.90 Å². The fraction of sp³-hybridized carbons (Fsp3) is 0.304. The molecule has 2 amide bonds. The van der Waals surface area contributed by atoms with Crippen LogP contribution < -0.4 is 10.2 Å². The first-order valence-electron chi connectivity index (χ1n) is 10.2. The van der Waals surface area contributed by atoms with Crippen molar-refractivity contribution >= 4 is 28.2 Å². The van der Waals surface area contributed by atoms with Crippen LogP contribution in [0, 0.1) is 0 Å². The van der Waals surface area contributed by atoms with E-state index in [1.54, 1.807) is 4.90 Å². The van der Waals surface area contributed by atoms with E-state index in [0.29, 0.717) is 5.00 Å². The first kappa shape index (κ1) is 20.2. The first-order chi connectivity index (χ1) is 14.7. The SMILES string of the molecule is O=C(NC1CCCCC1)[C@@H](c1ccccc1)N(C(=O)c1cnccn1)c1cccs1. The van der Waals surface area contributed by atoms with Gasteiger partial charge in [0.05, 0.1) is 11.2 Å². The number of carbonyl (C=O) groups excluding carboxylic acids is 2. The number of aromatic nitrogens is 2. The fourth-order valence-electron chi connectivity index (χ4n) is 3.86. The van der Waals surface area contributed by atoms with Crippen molar-refractivity contribution in [2.24, 2.45) is 0 Å². The van der Waals surface area contributed by atoms with Gasteiger partial charge in [0.25, 0.3) is 5.91 Å². The van der Waals surface area contributed by atoms with E-state index in [0.717, 1.165) is 31.2 Å². The molecule has 1 aromatic carbocycles. The molecule has 1 saturated carbocycles. The smallest absolute Gasteiger partial charge is 0.280 e. The second-order valence-corrected chi connectivity index (χ2v) is 8.30. The zero-order valence-electron chi connectivity index (χ0n) is 16.6. The largest absolute Gasteiger partial charge is 0.351 e. The minimum Gasteiger partial charge on any atom is -0.351 e. The van der Waals surface area contributed by atoms with Crippen LogP contribution in [0.3, 0.4) is 0 Å². The third kappa shape index (κ3) is 4.57. The number of hydrogen-bond donors (Lipinski definition) is 1. The number of benzene rings is 1. The molecule has 30 heavy (non-hydrogen) atoms. The van der Waals surface area contributed by atoms with Crippen molar-refractivity contribution in [2.45, 2.75) is 44.2 Å². The van der Waals surface area contributed by atoms with Crippen LogP contribution in [0.5, 0.6) is 0 Å². The Morgan fingerprint density at radius 3 is 2.50 bits per heavy atom. The van der Waals surface area contributed by atoms with Crippen molar-refractivity contribution in [3.05, 3.63) is 77.7 Å². The van der Waals surface area contributed by atoms with Crippen LogP contribution >= 0.6 is 11.3 Å². The van der Waals surface area contributed by atoms with Gasteiger partial charge in [-0.1, -0.05) is 49.6 Å². The molecule has 1 aliphatic rings. The second kappa shape index (κ2) is 9.63. The van der Waals surface area contributed by atoms with Gasteiger partial charge in [-0.25, -0.2) is 4.98 Å². The Kier molecular flexibility index (Phi) is 6.49. The second-order valence-electron chi connectivity index (χ2n) is 7.37. The van der Waals surface area contributed by atoms with Gasteiger partial charge in [0.2, 0.25) is 5.91 Å². The van der Waals surface area contributed by atoms with Gasteiger partial charge in [0.1, 0.15) is 11.7 Å². The van der Waals surface area contributed by atoms with E-state index in [4.69, 9.17) is 0 Å². The van der Waals surface area contributed by atoms with Crippen LogP contribution in [-0.4, -0.2) is 27.8 Å². The monoisotopic (exact) mass is 420 g/mol. The lowest BCUT2D eigenvalue weighted by atomic mass is 9.94. The molecular formula is C23H24N4O2S. The molecule has 0 spiro atoms. The highest BCUT2D eigenvalue weighted by Crippen LogP contribution is 2.33. The quantitative estimate of drug-likeness (QED) is 0.642. The van der Waals surface area contributed by atoms with Crippen molar-refractivity contribution < 1.29 is 9.59 Å². The van der Waals surface area contributed by atoms with Gasteiger partial charge < -0.3 is 5.32 Å². The van der Waals surface area contributed by atoms with Gasteiger partial charge >= 0.3 is 0 Å². The summed E-state index contributed by atoms with van der Waals surface area (Å²) in [5, 5.41) is 5.79. The molecule has 1 N–H and O–H groups in total. The minimum absolute atomic E-state index is 0.147. The summed E-state index contributed by atoms with van der Waals surface area (Å²) in [5.41, 5.74) is 0.966. The van der Waals surface area contributed by atoms with Crippen LogP contribution in [0.2, 0.25) is 0 Å². The third-order valence-corrected chi connectivity index (χ3v) is 6.19. The standard InChI is InChI=1S/C23H24N4O2S/c28-22(26-18-10-5-2-6-11-18)21(17-8-3-1-4-9-17)27(20-12-7-15-30-20)23(29)19-16-24-13-14-25-19/h1,3-4,7-9,12-16,18,21H,2,5-6,10-11H2,(H,26,28)/t21-/m1/s1. The summed E-state index contributed by atoms with van der Waals surface area (Å²) in [5.74, 6) is -0.517. The highest BCUT2D eigenvalue weighted by Gasteiger charge is 2.35. The van der Waals surface area contributed by atoms with Gasteiger partial charge in [0.15, 0.2) is 0 Å². The summed E-state index contributed by atoms with van der Waals surface area (Å²) in [6.07, 6.45) is 9.85. The molecule has 0 bridgehead atoms. The Bertz CT molecular complexity index is 957. The maximum absolute atomic E-state index is 13.5. The number of amides is 2. The van der Waals surface area contributed by atoms with Crippen LogP contribution in [0.25, 0.3) is 0 Å². The summed E-state index contributed by atoms with van der Waals surface area (Å²) in [4.78, 5) is 36.8. The highest BCUT2D eigenvalue weighted by atomic mass is 32.1. The minimum atomic E-state index is -0.790. The molecule has 6 nitrogen and oxygen atoms in total. The molecule has 2 heterocycles. The van der Waals surface area contributed by atoms with Crippen LogP contribution in [0.15, 0.2) is 66.4 Å². The van der Waals surface area contributed by atoms with Gasteiger partial charge in [-0.15, -0.1) is 11.3 Å². The molecule has 3 aromatic rings. The molecule has 154 valence electrons. The molecule has 1 fully saturated rings. The number of nitrogens with zero attached hydrogens (tertiary/aromatic N) is 3. The predicted molar refractivity (Wildman–Crippen MR) is 117 cm³/mol. The Morgan fingerprint density at radius 2 is 1.83 bits per heavy atom. The molecule has 4 rings (SSSR count). The van der Waals surface area contributed by atoms with Crippen LogP contribution in [0.4, 0.5) is 5.00 Å². The Morgan fingerprint density at radius 1 is 1.03 bits per heavy atom. The van der Waals surface area contributed by atoms with E-state index in [9.17, 15) is 9.59 Å². The van der Waals surface area contributed by atoms with Gasteiger partial charge in [-0.3, -0.25) is 19.5 Å². The molecule has 0 unspecified atom stereocenters. The molecular weight excluding hydrogens is 396 g/mol. The topological polar surface area (TPSA) is 75.2 Å². The Hall–Kier alpha value is -3.06. The number of nitrogens with one attached hydrogen (secondary N) is 1. The maximum Gasteiger partial charge on any atom is 0.280 e. The summed E-state index contributed by atoms with van der Waals surface area (Å²) in [6, 6.07) is 12.5. The zero-order valence-corrected chi connectivity index (χ0v) is 17.4. The Balaban J connectivity index is 1.73.